The van der Waals surface area contributed by atoms with E-state index in [0.717, 1.165) is 22.2 Å². The van der Waals surface area contributed by atoms with Crippen molar-refractivity contribution in [2.75, 3.05) is 5.32 Å². The van der Waals surface area contributed by atoms with Gasteiger partial charge in [0.05, 0.1) is 17.6 Å². The molecule has 0 aliphatic carbocycles. The van der Waals surface area contributed by atoms with Crippen LogP contribution in [0.15, 0.2) is 47.2 Å². The minimum atomic E-state index is 0.311. The summed E-state index contributed by atoms with van der Waals surface area (Å²) in [4.78, 5) is 4.87. The van der Waals surface area contributed by atoms with Gasteiger partial charge in [-0.25, -0.2) is 4.98 Å². The summed E-state index contributed by atoms with van der Waals surface area (Å²) in [7, 11) is 0. The number of hydrogen-bond acceptors (Lipinski definition) is 5. The molecule has 1 aromatic carbocycles. The molecule has 0 bridgehead atoms. The van der Waals surface area contributed by atoms with Gasteiger partial charge in [0.15, 0.2) is 0 Å². The summed E-state index contributed by atoms with van der Waals surface area (Å²) >= 11 is 5.09. The predicted molar refractivity (Wildman–Crippen MR) is 81.5 cm³/mol. The molecule has 2 aromatic heterocycles. The lowest BCUT2D eigenvalue weighted by Gasteiger charge is -2.10. The van der Waals surface area contributed by atoms with Crippen LogP contribution in [0.4, 0.5) is 5.82 Å². The van der Waals surface area contributed by atoms with E-state index in [2.05, 4.69) is 15.5 Å². The van der Waals surface area contributed by atoms with Crippen LogP contribution >= 0.6 is 12.2 Å². The molecule has 0 amide bonds. The fraction of sp³-hybridized carbons (Fsp3) is 0.0714. The van der Waals surface area contributed by atoms with Crippen LogP contribution in [-0.2, 0) is 6.54 Å². The number of aromatic nitrogens is 2. The quantitative estimate of drug-likeness (QED) is 0.717. The molecule has 0 saturated carbocycles. The van der Waals surface area contributed by atoms with Crippen molar-refractivity contribution >= 4 is 33.9 Å². The Hall–Kier alpha value is -2.47. The normalized spacial score (nSPS) is 10.6. The van der Waals surface area contributed by atoms with E-state index in [1.54, 1.807) is 6.07 Å². The molecule has 0 spiro atoms. The van der Waals surface area contributed by atoms with Crippen LogP contribution in [0.2, 0.25) is 0 Å². The summed E-state index contributed by atoms with van der Waals surface area (Å²) in [5, 5.41) is 8.03. The van der Waals surface area contributed by atoms with Crippen molar-refractivity contribution in [1.29, 1.82) is 0 Å². The van der Waals surface area contributed by atoms with Crippen LogP contribution in [0, 0.1) is 0 Å². The topological polar surface area (TPSA) is 77.0 Å². The zero-order valence-electron chi connectivity index (χ0n) is 10.5. The zero-order valence-corrected chi connectivity index (χ0v) is 11.4. The molecule has 3 rings (SSSR count). The molecule has 0 unspecified atom stereocenters. The minimum Gasteiger partial charge on any atom is -0.389 e. The van der Waals surface area contributed by atoms with Crippen LogP contribution in [0.25, 0.3) is 10.9 Å². The number of anilines is 1. The first-order valence-electron chi connectivity index (χ1n) is 6.07. The van der Waals surface area contributed by atoms with Crippen molar-refractivity contribution in [3.63, 3.8) is 0 Å². The predicted octanol–water partition coefficient (Wildman–Crippen LogP) is 2.47. The van der Waals surface area contributed by atoms with Crippen molar-refractivity contribution in [1.82, 2.24) is 10.1 Å². The molecule has 2 heterocycles. The van der Waals surface area contributed by atoms with Gasteiger partial charge in [0.2, 0.25) is 0 Å². The third-order valence-electron chi connectivity index (χ3n) is 2.92. The van der Waals surface area contributed by atoms with Crippen LogP contribution in [0.1, 0.15) is 11.3 Å². The molecule has 6 heteroatoms. The van der Waals surface area contributed by atoms with E-state index >= 15 is 0 Å². The number of nitrogens with zero attached hydrogens (tertiary/aromatic N) is 2. The number of para-hydroxylation sites is 1. The molecule has 0 aliphatic rings. The first-order valence-corrected chi connectivity index (χ1v) is 6.47. The van der Waals surface area contributed by atoms with Gasteiger partial charge in [0.1, 0.15) is 22.8 Å². The molecule has 100 valence electrons. The van der Waals surface area contributed by atoms with Gasteiger partial charge in [-0.1, -0.05) is 35.6 Å². The number of pyridine rings is 1. The maximum atomic E-state index is 5.77. The highest BCUT2D eigenvalue weighted by molar-refractivity contribution is 7.80. The second-order valence-corrected chi connectivity index (χ2v) is 4.73. The Balaban J connectivity index is 1.98. The van der Waals surface area contributed by atoms with Crippen molar-refractivity contribution in [3.8, 4) is 0 Å². The van der Waals surface area contributed by atoms with Crippen LogP contribution in [-0.4, -0.2) is 15.1 Å². The van der Waals surface area contributed by atoms with Crippen molar-refractivity contribution in [3.05, 3.63) is 53.9 Å². The van der Waals surface area contributed by atoms with E-state index in [4.69, 9.17) is 22.5 Å². The van der Waals surface area contributed by atoms with Gasteiger partial charge < -0.3 is 15.6 Å². The number of thiocarbonyl (C=S) groups is 1. The van der Waals surface area contributed by atoms with Gasteiger partial charge in [0.25, 0.3) is 0 Å². The molecule has 20 heavy (non-hydrogen) atoms. The average molecular weight is 284 g/mol. The first kappa shape index (κ1) is 12.6. The third kappa shape index (κ3) is 2.46. The number of fused-ring (bicyclic) bond motifs is 1. The van der Waals surface area contributed by atoms with E-state index in [-0.39, 0.29) is 0 Å². The number of benzene rings is 1. The maximum Gasteiger partial charge on any atom is 0.137 e. The Kier molecular flexibility index (Phi) is 3.30. The second-order valence-electron chi connectivity index (χ2n) is 4.29. The van der Waals surface area contributed by atoms with Gasteiger partial charge in [-0.3, -0.25) is 0 Å². The Morgan fingerprint density at radius 2 is 2.15 bits per heavy atom. The lowest BCUT2D eigenvalue weighted by atomic mass is 10.1. The van der Waals surface area contributed by atoms with Gasteiger partial charge in [-0.15, -0.1) is 0 Å². The van der Waals surface area contributed by atoms with E-state index in [1.165, 1.54) is 6.26 Å². The van der Waals surface area contributed by atoms with Crippen LogP contribution < -0.4 is 11.1 Å². The summed E-state index contributed by atoms with van der Waals surface area (Å²) in [5.41, 5.74) is 8.17. The van der Waals surface area contributed by atoms with Crippen molar-refractivity contribution in [2.45, 2.75) is 6.54 Å². The SMILES string of the molecule is NC(=S)c1cc2ccccc2nc1NCc1ccon1. The summed E-state index contributed by atoms with van der Waals surface area (Å²) in [6.45, 7) is 0.497. The number of nitrogens with two attached hydrogens (primary N) is 1. The van der Waals surface area contributed by atoms with Gasteiger partial charge in [0, 0.05) is 11.5 Å². The highest BCUT2D eigenvalue weighted by Crippen LogP contribution is 2.20. The summed E-state index contributed by atoms with van der Waals surface area (Å²) in [6, 6.07) is 11.5. The van der Waals surface area contributed by atoms with Crippen LogP contribution in [0.5, 0.6) is 0 Å². The van der Waals surface area contributed by atoms with E-state index < -0.39 is 0 Å². The lowest BCUT2D eigenvalue weighted by Crippen LogP contribution is -2.14. The number of nitrogens with one attached hydrogen (secondary N) is 1. The van der Waals surface area contributed by atoms with Gasteiger partial charge in [-0.05, 0) is 12.1 Å². The molecule has 0 radical (unpaired) electrons. The monoisotopic (exact) mass is 284 g/mol. The van der Waals surface area contributed by atoms with E-state index in [9.17, 15) is 0 Å². The Labute approximate surface area is 120 Å². The molecule has 0 fully saturated rings. The molecule has 0 aliphatic heterocycles. The molecule has 0 saturated heterocycles. The van der Waals surface area contributed by atoms with Gasteiger partial charge >= 0.3 is 0 Å². The minimum absolute atomic E-state index is 0.311. The van der Waals surface area contributed by atoms with Crippen LogP contribution in [0.3, 0.4) is 0 Å². The second kappa shape index (κ2) is 5.26. The lowest BCUT2D eigenvalue weighted by molar-refractivity contribution is 0.412. The molecular weight excluding hydrogens is 272 g/mol. The van der Waals surface area contributed by atoms with Crippen molar-refractivity contribution < 1.29 is 4.52 Å². The zero-order chi connectivity index (χ0) is 13.9. The number of hydrogen-bond donors (Lipinski definition) is 2. The average Bonchev–Trinajstić information content (AvgIpc) is 2.97. The smallest absolute Gasteiger partial charge is 0.137 e. The molecule has 3 aromatic rings. The Bertz CT molecular complexity index is 755. The summed E-state index contributed by atoms with van der Waals surface area (Å²) in [6.07, 6.45) is 1.53. The Morgan fingerprint density at radius 3 is 2.90 bits per heavy atom. The number of rotatable bonds is 4. The Morgan fingerprint density at radius 1 is 1.30 bits per heavy atom. The highest BCUT2D eigenvalue weighted by atomic mass is 32.1. The largest absolute Gasteiger partial charge is 0.389 e. The van der Waals surface area contributed by atoms with E-state index in [0.29, 0.717) is 17.4 Å². The summed E-state index contributed by atoms with van der Waals surface area (Å²) < 4.78 is 4.79. The first-order chi connectivity index (χ1) is 9.74. The maximum absolute atomic E-state index is 5.77. The fourth-order valence-corrected chi connectivity index (χ4v) is 2.10. The molecule has 0 atom stereocenters. The van der Waals surface area contributed by atoms with Crippen molar-refractivity contribution in [2.24, 2.45) is 5.73 Å². The molecule has 3 N–H and O–H groups in total. The fourth-order valence-electron chi connectivity index (χ4n) is 1.94. The molecule has 5 nitrogen and oxygen atoms in total. The summed E-state index contributed by atoms with van der Waals surface area (Å²) in [5.74, 6) is 0.652. The van der Waals surface area contributed by atoms with E-state index in [1.807, 2.05) is 30.3 Å². The third-order valence-corrected chi connectivity index (χ3v) is 3.14. The standard InChI is InChI=1S/C14H12N4OS/c15-13(20)11-7-9-3-1-2-4-12(9)17-14(11)16-8-10-5-6-19-18-10/h1-7H,8H2,(H2,15,20)(H,16,17). The molecular formula is C14H12N4OS. The highest BCUT2D eigenvalue weighted by Gasteiger charge is 2.09. The van der Waals surface area contributed by atoms with Gasteiger partial charge in [-0.2, -0.15) is 0 Å².